The van der Waals surface area contributed by atoms with Crippen LogP contribution in [0.1, 0.15) is 23.3 Å². The smallest absolute Gasteiger partial charge is 0.274 e. The number of nitrogens with zero attached hydrogens (tertiary/aromatic N) is 3. The van der Waals surface area contributed by atoms with Crippen molar-refractivity contribution in [2.24, 2.45) is 7.05 Å². The van der Waals surface area contributed by atoms with E-state index in [2.05, 4.69) is 0 Å². The molecule has 26 heavy (non-hydrogen) atoms. The van der Waals surface area contributed by atoms with Gasteiger partial charge in [-0.3, -0.25) is 4.79 Å². The molecule has 1 amide bonds. The van der Waals surface area contributed by atoms with Crippen LogP contribution in [0.3, 0.4) is 0 Å². The summed E-state index contributed by atoms with van der Waals surface area (Å²) in [4.78, 5) is 14.5. The fourth-order valence-corrected chi connectivity index (χ4v) is 4.74. The second kappa shape index (κ2) is 7.13. The topological polar surface area (TPSA) is 71.8 Å². The van der Waals surface area contributed by atoms with Gasteiger partial charge in [0.1, 0.15) is 16.3 Å². The van der Waals surface area contributed by atoms with Crippen molar-refractivity contribution in [3.05, 3.63) is 42.2 Å². The van der Waals surface area contributed by atoms with Gasteiger partial charge in [-0.15, -0.1) is 0 Å². The van der Waals surface area contributed by atoms with Gasteiger partial charge in [0, 0.05) is 33.4 Å². The molecule has 1 saturated heterocycles. The fourth-order valence-electron chi connectivity index (χ4n) is 3.15. The molecule has 2 heterocycles. The molecular weight excluding hydrogens is 354 g/mol. The lowest BCUT2D eigenvalue weighted by atomic mass is 10.2. The monoisotopic (exact) mass is 377 g/mol. The van der Waals surface area contributed by atoms with Crippen LogP contribution in [0.4, 0.5) is 5.69 Å². The van der Waals surface area contributed by atoms with Crippen LogP contribution in [0.5, 0.6) is 5.75 Å². The molecule has 3 rings (SSSR count). The van der Waals surface area contributed by atoms with Gasteiger partial charge >= 0.3 is 0 Å². The maximum atomic E-state index is 12.9. The Morgan fingerprint density at radius 1 is 1.19 bits per heavy atom. The second-order valence-corrected chi connectivity index (χ2v) is 8.26. The van der Waals surface area contributed by atoms with E-state index in [4.69, 9.17) is 4.74 Å². The highest BCUT2D eigenvalue weighted by Crippen LogP contribution is 2.29. The predicted octanol–water partition coefficient (Wildman–Crippen LogP) is 2.09. The molecule has 1 aliphatic heterocycles. The molecule has 0 bridgehead atoms. The number of hydrogen-bond acceptors (Lipinski definition) is 4. The molecule has 1 aromatic carbocycles. The van der Waals surface area contributed by atoms with E-state index in [9.17, 15) is 13.2 Å². The van der Waals surface area contributed by atoms with Gasteiger partial charge in [-0.25, -0.2) is 8.42 Å². The average Bonchev–Trinajstić information content (AvgIpc) is 3.31. The van der Waals surface area contributed by atoms with Gasteiger partial charge in [-0.1, -0.05) is 12.1 Å². The van der Waals surface area contributed by atoms with Gasteiger partial charge in [0.15, 0.2) is 0 Å². The highest BCUT2D eigenvalue weighted by Gasteiger charge is 2.30. The molecule has 0 spiro atoms. The molecule has 0 saturated carbocycles. The Kier molecular flexibility index (Phi) is 5.06. The van der Waals surface area contributed by atoms with E-state index in [1.807, 2.05) is 12.1 Å². The first kappa shape index (κ1) is 18.5. The second-order valence-electron chi connectivity index (χ2n) is 6.32. The molecule has 140 valence electrons. The molecule has 2 aromatic rings. The molecule has 8 heteroatoms. The van der Waals surface area contributed by atoms with Gasteiger partial charge < -0.3 is 14.2 Å². The normalized spacial score (nSPS) is 15.2. The van der Waals surface area contributed by atoms with Crippen LogP contribution >= 0.6 is 0 Å². The van der Waals surface area contributed by atoms with Crippen molar-refractivity contribution >= 4 is 21.6 Å². The summed E-state index contributed by atoms with van der Waals surface area (Å²) in [6.07, 6.45) is 3.24. The number of rotatable bonds is 5. The zero-order valence-electron chi connectivity index (χ0n) is 15.2. The fraction of sp³-hybridized carbons (Fsp3) is 0.389. The summed E-state index contributed by atoms with van der Waals surface area (Å²) >= 11 is 0. The maximum Gasteiger partial charge on any atom is 0.274 e. The number of methoxy groups -OCH3 is 1. The highest BCUT2D eigenvalue weighted by molar-refractivity contribution is 7.89. The Balaban J connectivity index is 1.92. The van der Waals surface area contributed by atoms with E-state index in [-0.39, 0.29) is 10.8 Å². The number of carbonyl (C=O) groups is 1. The Morgan fingerprint density at radius 3 is 2.50 bits per heavy atom. The zero-order valence-corrected chi connectivity index (χ0v) is 16.0. The predicted molar refractivity (Wildman–Crippen MR) is 99.1 cm³/mol. The van der Waals surface area contributed by atoms with Crippen molar-refractivity contribution in [3.63, 3.8) is 0 Å². The van der Waals surface area contributed by atoms with Crippen LogP contribution in [-0.2, 0) is 17.1 Å². The number of hydrogen-bond donors (Lipinski definition) is 0. The molecule has 0 aliphatic carbocycles. The molecule has 0 unspecified atom stereocenters. The standard InChI is InChI=1S/C18H23N3O4S/c1-19-13-14(26(23,24)21-10-6-7-11-21)12-16(19)18(22)20(2)15-8-4-5-9-17(15)25-3/h4-5,8-9,12-13H,6-7,10-11H2,1-3H3. The van der Waals surface area contributed by atoms with Gasteiger partial charge in [0.05, 0.1) is 12.8 Å². The number of aryl methyl sites for hydroxylation is 1. The van der Waals surface area contributed by atoms with Crippen molar-refractivity contribution in [2.45, 2.75) is 17.7 Å². The summed E-state index contributed by atoms with van der Waals surface area (Å²) in [5, 5.41) is 0. The van der Waals surface area contributed by atoms with Gasteiger partial charge in [0.2, 0.25) is 10.0 Å². The van der Waals surface area contributed by atoms with E-state index >= 15 is 0 Å². The third-order valence-electron chi connectivity index (χ3n) is 4.65. The van der Waals surface area contributed by atoms with E-state index < -0.39 is 10.0 Å². The summed E-state index contributed by atoms with van der Waals surface area (Å²) < 4.78 is 33.8. The number of para-hydroxylation sites is 2. The van der Waals surface area contributed by atoms with Crippen LogP contribution in [0.15, 0.2) is 41.4 Å². The number of aromatic nitrogens is 1. The maximum absolute atomic E-state index is 12.9. The van der Waals surface area contributed by atoms with Gasteiger partial charge in [-0.05, 0) is 31.0 Å². The molecule has 0 atom stereocenters. The zero-order chi connectivity index (χ0) is 18.9. The lowest BCUT2D eigenvalue weighted by Crippen LogP contribution is -2.28. The molecule has 0 radical (unpaired) electrons. The Labute approximate surface area is 153 Å². The number of sulfonamides is 1. The SMILES string of the molecule is COc1ccccc1N(C)C(=O)c1cc(S(=O)(=O)N2CCCC2)cn1C. The van der Waals surface area contributed by atoms with E-state index in [1.54, 1.807) is 37.9 Å². The Hall–Kier alpha value is -2.32. The van der Waals surface area contributed by atoms with E-state index in [0.717, 1.165) is 12.8 Å². The van der Waals surface area contributed by atoms with Crippen LogP contribution in [-0.4, -0.2) is 50.4 Å². The third-order valence-corrected chi connectivity index (χ3v) is 6.52. The van der Waals surface area contributed by atoms with Crippen molar-refractivity contribution < 1.29 is 17.9 Å². The summed E-state index contributed by atoms with van der Waals surface area (Å²) in [5.74, 6) is 0.266. The number of amides is 1. The molecule has 1 aromatic heterocycles. The number of anilines is 1. The van der Waals surface area contributed by atoms with Crippen molar-refractivity contribution in [2.75, 3.05) is 32.1 Å². The Morgan fingerprint density at radius 2 is 1.85 bits per heavy atom. The van der Waals surface area contributed by atoms with Crippen molar-refractivity contribution in [1.29, 1.82) is 0 Å². The number of carbonyl (C=O) groups excluding carboxylic acids is 1. The van der Waals surface area contributed by atoms with E-state index in [1.165, 1.54) is 21.5 Å². The molecule has 1 fully saturated rings. The largest absolute Gasteiger partial charge is 0.495 e. The first-order chi connectivity index (χ1) is 12.4. The third kappa shape index (κ3) is 3.22. The minimum atomic E-state index is -3.56. The molecule has 0 N–H and O–H groups in total. The van der Waals surface area contributed by atoms with Crippen LogP contribution in [0.25, 0.3) is 0 Å². The molecular formula is C18H23N3O4S. The summed E-state index contributed by atoms with van der Waals surface area (Å²) in [5.41, 5.74) is 0.918. The molecule has 7 nitrogen and oxygen atoms in total. The van der Waals surface area contributed by atoms with Gasteiger partial charge in [-0.2, -0.15) is 4.31 Å². The number of benzene rings is 1. The van der Waals surface area contributed by atoms with E-state index in [0.29, 0.717) is 30.2 Å². The summed E-state index contributed by atoms with van der Waals surface area (Å²) in [7, 11) is 1.30. The minimum Gasteiger partial charge on any atom is -0.495 e. The molecule has 1 aliphatic rings. The van der Waals surface area contributed by atoms with Crippen LogP contribution < -0.4 is 9.64 Å². The van der Waals surface area contributed by atoms with Crippen molar-refractivity contribution in [3.8, 4) is 5.75 Å². The highest BCUT2D eigenvalue weighted by atomic mass is 32.2. The minimum absolute atomic E-state index is 0.152. The summed E-state index contributed by atoms with van der Waals surface area (Å²) in [6, 6.07) is 8.64. The van der Waals surface area contributed by atoms with Crippen LogP contribution in [0.2, 0.25) is 0 Å². The van der Waals surface area contributed by atoms with Gasteiger partial charge in [0.25, 0.3) is 5.91 Å². The first-order valence-electron chi connectivity index (χ1n) is 8.44. The lowest BCUT2D eigenvalue weighted by molar-refractivity contribution is 0.0984. The van der Waals surface area contributed by atoms with Crippen LogP contribution in [0, 0.1) is 0 Å². The first-order valence-corrected chi connectivity index (χ1v) is 9.88. The average molecular weight is 377 g/mol. The summed E-state index contributed by atoms with van der Waals surface area (Å²) in [6.45, 7) is 1.06. The van der Waals surface area contributed by atoms with Crippen molar-refractivity contribution in [1.82, 2.24) is 8.87 Å². The lowest BCUT2D eigenvalue weighted by Gasteiger charge is -2.20. The quantitative estimate of drug-likeness (QED) is 0.800. The Bertz CT molecular complexity index is 914. The number of ether oxygens (including phenoxy) is 1.